The Morgan fingerprint density at radius 1 is 1.33 bits per heavy atom. The molecule has 126 valence electrons. The summed E-state index contributed by atoms with van der Waals surface area (Å²) >= 11 is 0. The standard InChI is InChI=1S/C19H23N3O2/c1-3-4-8-16-11-18(23)21(13-20-16)12-19(24)22-14(2)10-15-7-5-6-9-17(15)22/h5-7,9,11,13-14H,3-4,8,10,12H2,1-2H3. The molecule has 24 heavy (non-hydrogen) atoms. The fourth-order valence-electron chi connectivity index (χ4n) is 3.24. The van der Waals surface area contributed by atoms with E-state index in [1.54, 1.807) is 11.0 Å². The van der Waals surface area contributed by atoms with Gasteiger partial charge in [0.1, 0.15) is 6.54 Å². The van der Waals surface area contributed by atoms with Gasteiger partial charge in [-0.2, -0.15) is 0 Å². The predicted molar refractivity (Wildman–Crippen MR) is 94.2 cm³/mol. The molecule has 5 nitrogen and oxygen atoms in total. The number of anilines is 1. The third-order valence-corrected chi connectivity index (χ3v) is 4.50. The highest BCUT2D eigenvalue weighted by molar-refractivity contribution is 5.96. The van der Waals surface area contributed by atoms with Gasteiger partial charge in [-0.1, -0.05) is 31.5 Å². The molecule has 1 unspecified atom stereocenters. The summed E-state index contributed by atoms with van der Waals surface area (Å²) in [6.07, 6.45) is 5.23. The molecule has 0 radical (unpaired) electrons. The van der Waals surface area contributed by atoms with Crippen LogP contribution in [0.4, 0.5) is 5.69 Å². The molecule has 5 heteroatoms. The molecule has 3 rings (SSSR count). The Kier molecular flexibility index (Phi) is 4.79. The minimum absolute atomic E-state index is 0.0264. The fraction of sp³-hybridized carbons (Fsp3) is 0.421. The molecule has 0 bridgehead atoms. The second-order valence-electron chi connectivity index (χ2n) is 6.40. The summed E-state index contributed by atoms with van der Waals surface area (Å²) in [6, 6.07) is 9.60. The quantitative estimate of drug-likeness (QED) is 0.849. The van der Waals surface area contributed by atoms with Crippen molar-refractivity contribution in [2.24, 2.45) is 0 Å². The van der Waals surface area contributed by atoms with Crippen molar-refractivity contribution in [2.75, 3.05) is 4.90 Å². The van der Waals surface area contributed by atoms with E-state index < -0.39 is 0 Å². The van der Waals surface area contributed by atoms with Crippen LogP contribution in [0.1, 0.15) is 37.9 Å². The summed E-state index contributed by atoms with van der Waals surface area (Å²) in [6.45, 7) is 4.17. The predicted octanol–water partition coefficient (Wildman–Crippen LogP) is 2.56. The number of unbranched alkanes of at least 4 members (excludes halogenated alkanes) is 1. The lowest BCUT2D eigenvalue weighted by atomic mass is 10.1. The zero-order chi connectivity index (χ0) is 17.1. The fourth-order valence-corrected chi connectivity index (χ4v) is 3.24. The SMILES string of the molecule is CCCCc1cc(=O)n(CC(=O)N2c3ccccc3CC2C)cn1. The van der Waals surface area contributed by atoms with Gasteiger partial charge in [0.2, 0.25) is 5.91 Å². The number of para-hydroxylation sites is 1. The summed E-state index contributed by atoms with van der Waals surface area (Å²) in [5, 5.41) is 0. The topological polar surface area (TPSA) is 55.2 Å². The number of hydrogen-bond acceptors (Lipinski definition) is 3. The smallest absolute Gasteiger partial charge is 0.253 e. The largest absolute Gasteiger partial charge is 0.307 e. The maximum absolute atomic E-state index is 12.7. The van der Waals surface area contributed by atoms with Gasteiger partial charge in [0.25, 0.3) is 5.56 Å². The molecular weight excluding hydrogens is 302 g/mol. The summed E-state index contributed by atoms with van der Waals surface area (Å²) < 4.78 is 1.39. The number of hydrogen-bond donors (Lipinski definition) is 0. The maximum atomic E-state index is 12.7. The van der Waals surface area contributed by atoms with E-state index in [1.165, 1.54) is 16.5 Å². The van der Waals surface area contributed by atoms with E-state index in [0.29, 0.717) is 0 Å². The lowest BCUT2D eigenvalue weighted by molar-refractivity contribution is -0.119. The molecule has 1 aromatic carbocycles. The van der Waals surface area contributed by atoms with Crippen LogP contribution >= 0.6 is 0 Å². The number of fused-ring (bicyclic) bond motifs is 1. The van der Waals surface area contributed by atoms with Crippen LogP contribution in [0.25, 0.3) is 0 Å². The molecule has 0 saturated carbocycles. The van der Waals surface area contributed by atoms with Crippen LogP contribution in [-0.4, -0.2) is 21.5 Å². The summed E-state index contributed by atoms with van der Waals surface area (Å²) in [5.41, 5.74) is 2.77. The first-order chi connectivity index (χ1) is 11.6. The number of benzene rings is 1. The Hall–Kier alpha value is -2.43. The van der Waals surface area contributed by atoms with Gasteiger partial charge in [-0.25, -0.2) is 4.98 Å². The highest BCUT2D eigenvalue weighted by atomic mass is 16.2. The molecule has 1 aliphatic rings. The Morgan fingerprint density at radius 2 is 2.12 bits per heavy atom. The average molecular weight is 325 g/mol. The minimum atomic E-state index is -0.162. The molecule has 1 aromatic heterocycles. The van der Waals surface area contributed by atoms with Crippen molar-refractivity contribution in [3.8, 4) is 0 Å². The molecule has 0 fully saturated rings. The van der Waals surface area contributed by atoms with E-state index in [-0.39, 0.29) is 24.1 Å². The second-order valence-corrected chi connectivity index (χ2v) is 6.40. The first-order valence-corrected chi connectivity index (χ1v) is 8.55. The number of carbonyl (C=O) groups is 1. The summed E-state index contributed by atoms with van der Waals surface area (Å²) in [4.78, 5) is 31.1. The highest BCUT2D eigenvalue weighted by Crippen LogP contribution is 2.31. The first-order valence-electron chi connectivity index (χ1n) is 8.55. The van der Waals surface area contributed by atoms with Gasteiger partial charge in [-0.15, -0.1) is 0 Å². The van der Waals surface area contributed by atoms with E-state index in [0.717, 1.165) is 37.1 Å². The van der Waals surface area contributed by atoms with E-state index >= 15 is 0 Å². The zero-order valence-electron chi connectivity index (χ0n) is 14.2. The number of nitrogens with zero attached hydrogens (tertiary/aromatic N) is 3. The van der Waals surface area contributed by atoms with Crippen LogP contribution in [-0.2, 0) is 24.2 Å². The van der Waals surface area contributed by atoms with Crippen molar-refractivity contribution in [1.29, 1.82) is 0 Å². The van der Waals surface area contributed by atoms with Gasteiger partial charge in [-0.05, 0) is 37.8 Å². The van der Waals surface area contributed by atoms with Crippen molar-refractivity contribution in [3.63, 3.8) is 0 Å². The molecular formula is C19H23N3O2. The molecule has 0 saturated heterocycles. The number of rotatable bonds is 5. The molecule has 0 aliphatic carbocycles. The lowest BCUT2D eigenvalue weighted by Crippen LogP contribution is -2.40. The summed E-state index contributed by atoms with van der Waals surface area (Å²) in [7, 11) is 0. The van der Waals surface area contributed by atoms with Gasteiger partial charge in [-0.3, -0.25) is 14.2 Å². The van der Waals surface area contributed by atoms with Gasteiger partial charge in [0.05, 0.1) is 6.33 Å². The molecule has 2 aromatic rings. The maximum Gasteiger partial charge on any atom is 0.253 e. The van der Waals surface area contributed by atoms with Crippen molar-refractivity contribution in [2.45, 2.75) is 52.1 Å². The minimum Gasteiger partial charge on any atom is -0.307 e. The number of aromatic nitrogens is 2. The average Bonchev–Trinajstić information content (AvgIpc) is 2.91. The van der Waals surface area contributed by atoms with Crippen LogP contribution in [0, 0.1) is 0 Å². The van der Waals surface area contributed by atoms with Gasteiger partial charge in [0, 0.05) is 23.5 Å². The van der Waals surface area contributed by atoms with E-state index in [1.807, 2.05) is 25.1 Å². The molecule has 2 heterocycles. The molecule has 1 aliphatic heterocycles. The third-order valence-electron chi connectivity index (χ3n) is 4.50. The molecule has 1 atom stereocenters. The van der Waals surface area contributed by atoms with Crippen molar-refractivity contribution < 1.29 is 4.79 Å². The number of amides is 1. The Labute approximate surface area is 141 Å². The van der Waals surface area contributed by atoms with Crippen LogP contribution in [0.15, 0.2) is 41.5 Å². The van der Waals surface area contributed by atoms with Gasteiger partial charge in [0.15, 0.2) is 0 Å². The lowest BCUT2D eigenvalue weighted by Gasteiger charge is -2.23. The van der Waals surface area contributed by atoms with Crippen molar-refractivity contribution >= 4 is 11.6 Å². The molecule has 0 N–H and O–H groups in total. The molecule has 1 amide bonds. The second kappa shape index (κ2) is 6.99. The van der Waals surface area contributed by atoms with E-state index in [2.05, 4.69) is 18.0 Å². The highest BCUT2D eigenvalue weighted by Gasteiger charge is 2.30. The van der Waals surface area contributed by atoms with Crippen LogP contribution in [0.2, 0.25) is 0 Å². The number of aryl methyl sites for hydroxylation is 1. The zero-order valence-corrected chi connectivity index (χ0v) is 14.2. The monoisotopic (exact) mass is 325 g/mol. The van der Waals surface area contributed by atoms with Crippen LogP contribution in [0.5, 0.6) is 0 Å². The van der Waals surface area contributed by atoms with Crippen molar-refractivity contribution in [1.82, 2.24) is 9.55 Å². The van der Waals surface area contributed by atoms with Crippen LogP contribution in [0.3, 0.4) is 0 Å². The van der Waals surface area contributed by atoms with Gasteiger partial charge >= 0.3 is 0 Å². The summed E-state index contributed by atoms with van der Waals surface area (Å²) in [5.74, 6) is -0.0716. The first kappa shape index (κ1) is 16.4. The van der Waals surface area contributed by atoms with E-state index in [9.17, 15) is 9.59 Å². The van der Waals surface area contributed by atoms with E-state index in [4.69, 9.17) is 0 Å². The third kappa shape index (κ3) is 3.25. The van der Waals surface area contributed by atoms with Crippen LogP contribution < -0.4 is 10.5 Å². The van der Waals surface area contributed by atoms with Crippen molar-refractivity contribution in [3.05, 3.63) is 58.3 Å². The Morgan fingerprint density at radius 3 is 2.88 bits per heavy atom. The number of carbonyl (C=O) groups excluding carboxylic acids is 1. The normalized spacial score (nSPS) is 16.2. The van der Waals surface area contributed by atoms with Gasteiger partial charge < -0.3 is 4.90 Å². The molecule has 0 spiro atoms. The Bertz CT molecular complexity index is 797. The Balaban J connectivity index is 1.77.